The fourth-order valence-corrected chi connectivity index (χ4v) is 3.83. The minimum Gasteiger partial charge on any atom is -0.462 e. The molecule has 0 aliphatic heterocycles. The van der Waals surface area contributed by atoms with Gasteiger partial charge in [-0.3, -0.25) is 4.79 Å². The van der Waals surface area contributed by atoms with E-state index < -0.39 is 11.6 Å². The second kappa shape index (κ2) is 7.41. The molecule has 0 fully saturated rings. The Morgan fingerprint density at radius 2 is 1.43 bits per heavy atom. The van der Waals surface area contributed by atoms with Gasteiger partial charge in [0.1, 0.15) is 6.61 Å². The van der Waals surface area contributed by atoms with E-state index in [1.54, 1.807) is 36.6 Å². The van der Waals surface area contributed by atoms with E-state index in [4.69, 9.17) is 9.47 Å². The van der Waals surface area contributed by atoms with Gasteiger partial charge in [-0.1, -0.05) is 78.9 Å². The second-order valence-corrected chi connectivity index (χ2v) is 6.68. The molecule has 1 radical (unpaired) electrons. The van der Waals surface area contributed by atoms with Gasteiger partial charge in [0, 0.05) is 18.6 Å². The molecule has 1 aliphatic carbocycles. The van der Waals surface area contributed by atoms with Crippen molar-refractivity contribution in [2.24, 2.45) is 0 Å². The van der Waals surface area contributed by atoms with Crippen molar-refractivity contribution < 1.29 is 19.1 Å². The van der Waals surface area contributed by atoms with Crippen LogP contribution in [0.2, 0.25) is 0 Å². The van der Waals surface area contributed by atoms with Crippen LogP contribution in [0.3, 0.4) is 0 Å². The third-order valence-corrected chi connectivity index (χ3v) is 5.26. The molecule has 4 rings (SSSR count). The van der Waals surface area contributed by atoms with E-state index in [9.17, 15) is 9.59 Å². The minimum atomic E-state index is -1.89. The highest BCUT2D eigenvalue weighted by Gasteiger charge is 2.44. The minimum absolute atomic E-state index is 0.0895. The molecule has 0 spiro atoms. The predicted octanol–water partition coefficient (Wildman–Crippen LogP) is 3.99. The molecule has 4 nitrogen and oxygen atoms in total. The summed E-state index contributed by atoms with van der Waals surface area (Å²) in [7, 11) is 1.30. The molecule has 28 heavy (non-hydrogen) atoms. The van der Waals surface area contributed by atoms with Gasteiger partial charge in [0.2, 0.25) is 0 Å². The number of benzene rings is 3. The summed E-state index contributed by atoms with van der Waals surface area (Å²) in [6, 6.07) is 24.7. The molecular formula is C24H19O4. The lowest BCUT2D eigenvalue weighted by atomic mass is 9.94. The maximum absolute atomic E-state index is 12.9. The van der Waals surface area contributed by atoms with Crippen molar-refractivity contribution in [2.75, 3.05) is 13.7 Å². The fraction of sp³-hybridized carbons (Fsp3) is 0.167. The zero-order chi connectivity index (χ0) is 19.6. The van der Waals surface area contributed by atoms with Gasteiger partial charge in [0.15, 0.2) is 0 Å². The molecule has 1 aliphatic rings. The number of hydrogen-bond donors (Lipinski definition) is 0. The van der Waals surface area contributed by atoms with Crippen LogP contribution in [-0.2, 0) is 24.7 Å². The number of fused-ring (bicyclic) bond motifs is 3. The largest absolute Gasteiger partial charge is 0.462 e. The van der Waals surface area contributed by atoms with E-state index in [0.29, 0.717) is 5.56 Å². The molecule has 3 aromatic rings. The molecule has 139 valence electrons. The SMILES string of the molecule is COC([C]=O)(C(=O)OCC1c2ccccc2-c2ccccc21)c1ccccc1. The molecule has 1 atom stereocenters. The van der Waals surface area contributed by atoms with Crippen LogP contribution in [-0.4, -0.2) is 26.0 Å². The van der Waals surface area contributed by atoms with Crippen molar-refractivity contribution >= 4 is 12.3 Å². The van der Waals surface area contributed by atoms with Crippen molar-refractivity contribution in [3.05, 3.63) is 95.6 Å². The highest BCUT2D eigenvalue weighted by atomic mass is 16.6. The lowest BCUT2D eigenvalue weighted by molar-refractivity contribution is -0.162. The van der Waals surface area contributed by atoms with Crippen LogP contribution in [0.4, 0.5) is 0 Å². The Labute approximate surface area is 163 Å². The summed E-state index contributed by atoms with van der Waals surface area (Å²) in [4.78, 5) is 24.6. The van der Waals surface area contributed by atoms with Gasteiger partial charge in [-0.05, 0) is 22.3 Å². The van der Waals surface area contributed by atoms with Crippen molar-refractivity contribution in [2.45, 2.75) is 11.5 Å². The van der Waals surface area contributed by atoms with E-state index in [1.165, 1.54) is 7.11 Å². The quantitative estimate of drug-likeness (QED) is 0.486. The van der Waals surface area contributed by atoms with Crippen molar-refractivity contribution in [3.63, 3.8) is 0 Å². The van der Waals surface area contributed by atoms with Gasteiger partial charge in [-0.15, -0.1) is 0 Å². The first kappa shape index (κ1) is 18.1. The average molecular weight is 371 g/mol. The van der Waals surface area contributed by atoms with Gasteiger partial charge in [-0.2, -0.15) is 0 Å². The van der Waals surface area contributed by atoms with Gasteiger partial charge < -0.3 is 9.47 Å². The number of rotatable bonds is 6. The number of methoxy groups -OCH3 is 1. The number of esters is 1. The predicted molar refractivity (Wildman–Crippen MR) is 106 cm³/mol. The summed E-state index contributed by atoms with van der Waals surface area (Å²) in [5.41, 5.74) is 3.00. The Balaban J connectivity index is 1.62. The first-order valence-corrected chi connectivity index (χ1v) is 9.06. The fourth-order valence-electron chi connectivity index (χ4n) is 3.83. The topological polar surface area (TPSA) is 52.6 Å². The van der Waals surface area contributed by atoms with E-state index in [0.717, 1.165) is 22.3 Å². The highest BCUT2D eigenvalue weighted by Crippen LogP contribution is 2.44. The summed E-state index contributed by atoms with van der Waals surface area (Å²) in [6.45, 7) is 0.118. The number of hydrogen-bond acceptors (Lipinski definition) is 4. The lowest BCUT2D eigenvalue weighted by Crippen LogP contribution is -2.41. The molecule has 0 saturated heterocycles. The van der Waals surface area contributed by atoms with Gasteiger partial charge in [0.25, 0.3) is 11.9 Å². The molecule has 0 amide bonds. The molecule has 0 heterocycles. The molecule has 4 heteroatoms. The van der Waals surface area contributed by atoms with Crippen molar-refractivity contribution in [1.29, 1.82) is 0 Å². The Bertz CT molecular complexity index is 966. The molecule has 0 N–H and O–H groups in total. The van der Waals surface area contributed by atoms with Crippen LogP contribution >= 0.6 is 0 Å². The molecule has 0 bridgehead atoms. The van der Waals surface area contributed by atoms with E-state index in [1.807, 2.05) is 36.4 Å². The van der Waals surface area contributed by atoms with Crippen LogP contribution in [0.5, 0.6) is 0 Å². The van der Waals surface area contributed by atoms with Crippen LogP contribution in [0, 0.1) is 0 Å². The third-order valence-electron chi connectivity index (χ3n) is 5.26. The van der Waals surface area contributed by atoms with Crippen LogP contribution < -0.4 is 0 Å². The standard InChI is InChI=1S/C24H19O4/c1-27-24(16-25,17-9-3-2-4-10-17)23(26)28-15-22-20-13-7-5-11-18(20)19-12-6-8-14-21(19)22/h2-14,22H,15H2,1H3. The van der Waals surface area contributed by atoms with Crippen LogP contribution in [0.15, 0.2) is 78.9 Å². The summed E-state index contributed by atoms with van der Waals surface area (Å²) in [6.07, 6.45) is 1.75. The number of carbonyl (C=O) groups excluding carboxylic acids is 2. The molecule has 0 aromatic heterocycles. The second-order valence-electron chi connectivity index (χ2n) is 6.68. The number of ether oxygens (including phenoxy) is 2. The normalized spacial score (nSPS) is 14.6. The van der Waals surface area contributed by atoms with Crippen molar-refractivity contribution in [1.82, 2.24) is 0 Å². The third kappa shape index (κ3) is 2.83. The summed E-state index contributed by atoms with van der Waals surface area (Å²) >= 11 is 0. The Kier molecular flexibility index (Phi) is 4.80. The van der Waals surface area contributed by atoms with Gasteiger partial charge in [0.05, 0.1) is 0 Å². The molecular weight excluding hydrogens is 352 g/mol. The molecule has 0 saturated carbocycles. The monoisotopic (exact) mass is 371 g/mol. The Morgan fingerprint density at radius 1 is 0.893 bits per heavy atom. The zero-order valence-electron chi connectivity index (χ0n) is 15.4. The van der Waals surface area contributed by atoms with E-state index in [2.05, 4.69) is 12.1 Å². The Morgan fingerprint density at radius 3 is 1.96 bits per heavy atom. The highest BCUT2D eigenvalue weighted by molar-refractivity contribution is 5.98. The van der Waals surface area contributed by atoms with Crippen LogP contribution in [0.1, 0.15) is 22.6 Å². The van der Waals surface area contributed by atoms with Gasteiger partial charge in [-0.25, -0.2) is 4.79 Å². The first-order valence-electron chi connectivity index (χ1n) is 9.06. The maximum Gasteiger partial charge on any atom is 0.351 e. The Hall–Kier alpha value is -3.24. The first-order chi connectivity index (χ1) is 13.7. The van der Waals surface area contributed by atoms with Crippen molar-refractivity contribution in [3.8, 4) is 11.1 Å². The summed E-state index contributed by atoms with van der Waals surface area (Å²) < 4.78 is 10.9. The van der Waals surface area contributed by atoms with Crippen LogP contribution in [0.25, 0.3) is 11.1 Å². The van der Waals surface area contributed by atoms with Gasteiger partial charge >= 0.3 is 5.97 Å². The lowest BCUT2D eigenvalue weighted by Gasteiger charge is -2.25. The summed E-state index contributed by atoms with van der Waals surface area (Å²) in [5, 5.41) is 0. The molecule has 3 aromatic carbocycles. The molecule has 1 unspecified atom stereocenters. The van der Waals surface area contributed by atoms with E-state index in [-0.39, 0.29) is 12.5 Å². The number of carbonyl (C=O) groups is 1. The maximum atomic E-state index is 12.9. The van der Waals surface area contributed by atoms with E-state index >= 15 is 0 Å². The smallest absolute Gasteiger partial charge is 0.351 e. The zero-order valence-corrected chi connectivity index (χ0v) is 15.4. The summed E-state index contributed by atoms with van der Waals surface area (Å²) in [5.74, 6) is -0.855. The average Bonchev–Trinajstić information content (AvgIpc) is 3.08.